The van der Waals surface area contributed by atoms with Gasteiger partial charge in [-0.05, 0) is 38.3 Å². The fourth-order valence-corrected chi connectivity index (χ4v) is 4.33. The van der Waals surface area contributed by atoms with E-state index in [2.05, 4.69) is 10.3 Å². The molecule has 1 aromatic heterocycles. The summed E-state index contributed by atoms with van der Waals surface area (Å²) in [7, 11) is 0. The zero-order valence-electron chi connectivity index (χ0n) is 15.2. The summed E-state index contributed by atoms with van der Waals surface area (Å²) >= 11 is 0. The van der Waals surface area contributed by atoms with Gasteiger partial charge in [-0.3, -0.25) is 14.4 Å². The van der Waals surface area contributed by atoms with E-state index in [0.717, 1.165) is 12.0 Å². The number of fused-ring (bicyclic) bond motifs is 1. The number of carbonyl (C=O) groups excluding carboxylic acids is 2. The van der Waals surface area contributed by atoms with Crippen molar-refractivity contribution in [3.05, 3.63) is 45.7 Å². The van der Waals surface area contributed by atoms with E-state index in [1.807, 2.05) is 19.1 Å². The van der Waals surface area contributed by atoms with Crippen LogP contribution in [0.5, 0.6) is 0 Å². The molecule has 1 spiro atoms. The molecule has 7 nitrogen and oxygen atoms in total. The molecule has 1 aromatic carbocycles. The average Bonchev–Trinajstić information content (AvgIpc) is 2.65. The predicted molar refractivity (Wildman–Crippen MR) is 101 cm³/mol. The highest BCUT2D eigenvalue weighted by molar-refractivity contribution is 6.06. The number of hydrogen-bond donors (Lipinski definition) is 3. The van der Waals surface area contributed by atoms with Crippen molar-refractivity contribution in [3.8, 4) is 0 Å². The van der Waals surface area contributed by atoms with Gasteiger partial charge in [0.1, 0.15) is 0 Å². The van der Waals surface area contributed by atoms with Crippen molar-refractivity contribution in [1.29, 1.82) is 0 Å². The van der Waals surface area contributed by atoms with Crippen molar-refractivity contribution < 1.29 is 14.7 Å². The maximum atomic E-state index is 13.3. The summed E-state index contributed by atoms with van der Waals surface area (Å²) < 4.78 is 0. The summed E-state index contributed by atoms with van der Waals surface area (Å²) in [6.07, 6.45) is 0.913. The Kier molecular flexibility index (Phi) is 4.26. The van der Waals surface area contributed by atoms with Crippen LogP contribution in [0.3, 0.4) is 0 Å². The van der Waals surface area contributed by atoms with Gasteiger partial charge in [-0.2, -0.15) is 0 Å². The molecule has 0 saturated carbocycles. The number of aromatic amines is 1. The molecule has 0 aliphatic carbocycles. The summed E-state index contributed by atoms with van der Waals surface area (Å²) in [6.45, 7) is 3.05. The lowest BCUT2D eigenvalue weighted by molar-refractivity contribution is -0.147. The normalized spacial score (nSPS) is 25.6. The Morgan fingerprint density at radius 1 is 1.30 bits per heavy atom. The third-order valence-corrected chi connectivity index (χ3v) is 5.84. The van der Waals surface area contributed by atoms with E-state index in [0.29, 0.717) is 42.4 Å². The molecule has 0 bridgehead atoms. The van der Waals surface area contributed by atoms with Crippen molar-refractivity contribution in [2.45, 2.75) is 32.3 Å². The van der Waals surface area contributed by atoms with Crippen LogP contribution in [0.25, 0.3) is 10.9 Å². The fraction of sp³-hybridized carbons (Fsp3) is 0.450. The quantitative estimate of drug-likeness (QED) is 0.696. The molecule has 27 heavy (non-hydrogen) atoms. The number of piperidine rings is 2. The number of aliphatic hydroxyl groups is 1. The van der Waals surface area contributed by atoms with Gasteiger partial charge in [0, 0.05) is 36.6 Å². The highest BCUT2D eigenvalue weighted by Gasteiger charge is 2.50. The monoisotopic (exact) mass is 369 g/mol. The predicted octanol–water partition coefficient (Wildman–Crippen LogP) is 0.940. The molecule has 2 atom stereocenters. The Hall–Kier alpha value is -2.67. The minimum Gasteiger partial charge on any atom is -0.392 e. The van der Waals surface area contributed by atoms with Crippen LogP contribution in [-0.4, -0.2) is 52.5 Å². The number of rotatable bonds is 1. The molecule has 2 saturated heterocycles. The molecular weight excluding hydrogens is 346 g/mol. The van der Waals surface area contributed by atoms with Crippen LogP contribution in [0.15, 0.2) is 29.1 Å². The van der Waals surface area contributed by atoms with Crippen LogP contribution in [0.2, 0.25) is 0 Å². The highest BCUT2D eigenvalue weighted by Crippen LogP contribution is 2.38. The minimum absolute atomic E-state index is 0.166. The molecule has 2 aliphatic heterocycles. The van der Waals surface area contributed by atoms with Gasteiger partial charge in [-0.15, -0.1) is 0 Å². The first-order valence-corrected chi connectivity index (χ1v) is 9.30. The van der Waals surface area contributed by atoms with E-state index < -0.39 is 11.5 Å². The van der Waals surface area contributed by atoms with Crippen LogP contribution in [0.1, 0.15) is 35.2 Å². The van der Waals surface area contributed by atoms with Gasteiger partial charge < -0.3 is 20.3 Å². The lowest BCUT2D eigenvalue weighted by atomic mass is 9.71. The van der Waals surface area contributed by atoms with Crippen LogP contribution in [0.4, 0.5) is 0 Å². The van der Waals surface area contributed by atoms with E-state index in [9.17, 15) is 19.5 Å². The van der Waals surface area contributed by atoms with Gasteiger partial charge >= 0.3 is 0 Å². The molecule has 2 aliphatic rings. The SMILES string of the molecule is Cc1ccc2[nH]c(=O)cc(C(=O)N3CC[C@@H](O)[C@@]4(CCCNC4=O)C3)c2c1. The van der Waals surface area contributed by atoms with Crippen LogP contribution in [-0.2, 0) is 4.79 Å². The lowest BCUT2D eigenvalue weighted by Gasteiger charge is -2.46. The van der Waals surface area contributed by atoms with Crippen LogP contribution < -0.4 is 10.9 Å². The second kappa shape index (κ2) is 6.49. The van der Waals surface area contributed by atoms with Crippen molar-refractivity contribution >= 4 is 22.7 Å². The van der Waals surface area contributed by atoms with E-state index >= 15 is 0 Å². The summed E-state index contributed by atoms with van der Waals surface area (Å²) in [6, 6.07) is 6.87. The number of amides is 2. The number of H-pyrrole nitrogens is 1. The molecule has 0 unspecified atom stereocenters. The van der Waals surface area contributed by atoms with Gasteiger partial charge in [-0.25, -0.2) is 0 Å². The number of benzene rings is 1. The standard InChI is InChI=1S/C20H23N3O4/c1-12-3-4-15-13(9-12)14(10-17(25)22-15)18(26)23-8-5-16(24)20(11-23)6-2-7-21-19(20)27/h3-4,9-10,16,24H,2,5-8,11H2,1H3,(H,21,27)(H,22,25)/t16-,20-/m1/s1. The lowest BCUT2D eigenvalue weighted by Crippen LogP contribution is -2.62. The second-order valence-corrected chi connectivity index (χ2v) is 7.64. The van der Waals surface area contributed by atoms with Crippen molar-refractivity contribution in [3.63, 3.8) is 0 Å². The average molecular weight is 369 g/mol. The highest BCUT2D eigenvalue weighted by atomic mass is 16.3. The Morgan fingerprint density at radius 2 is 2.11 bits per heavy atom. The topological polar surface area (TPSA) is 102 Å². The Balaban J connectivity index is 1.73. The van der Waals surface area contributed by atoms with Gasteiger partial charge in [0.25, 0.3) is 5.91 Å². The number of aryl methyl sites for hydroxylation is 1. The molecule has 2 aromatic rings. The maximum Gasteiger partial charge on any atom is 0.254 e. The molecule has 2 amide bonds. The Labute approximate surface area is 156 Å². The fourth-order valence-electron chi connectivity index (χ4n) is 4.33. The van der Waals surface area contributed by atoms with Gasteiger partial charge in [0.2, 0.25) is 11.5 Å². The van der Waals surface area contributed by atoms with E-state index in [1.165, 1.54) is 6.07 Å². The number of hydrogen-bond acceptors (Lipinski definition) is 4. The summed E-state index contributed by atoms with van der Waals surface area (Å²) in [5.41, 5.74) is 0.635. The largest absolute Gasteiger partial charge is 0.392 e. The molecule has 4 rings (SSSR count). The van der Waals surface area contributed by atoms with Gasteiger partial charge in [0.15, 0.2) is 0 Å². The summed E-state index contributed by atoms with van der Waals surface area (Å²) in [4.78, 5) is 42.2. The maximum absolute atomic E-state index is 13.3. The third-order valence-electron chi connectivity index (χ3n) is 5.84. The number of pyridine rings is 1. The summed E-state index contributed by atoms with van der Waals surface area (Å²) in [5, 5.41) is 14.0. The number of nitrogens with zero attached hydrogens (tertiary/aromatic N) is 1. The molecule has 2 fully saturated rings. The van der Waals surface area contributed by atoms with Crippen LogP contribution in [0, 0.1) is 12.3 Å². The Bertz CT molecular complexity index is 983. The zero-order chi connectivity index (χ0) is 19.2. The van der Waals surface area contributed by atoms with E-state index in [4.69, 9.17) is 0 Å². The first kappa shape index (κ1) is 17.7. The molecule has 3 heterocycles. The van der Waals surface area contributed by atoms with Crippen molar-refractivity contribution in [2.24, 2.45) is 5.41 Å². The molecule has 142 valence electrons. The Morgan fingerprint density at radius 3 is 2.89 bits per heavy atom. The van der Waals surface area contributed by atoms with Gasteiger partial charge in [-0.1, -0.05) is 11.6 Å². The molecular formula is C20H23N3O4. The number of aliphatic hydroxyl groups excluding tert-OH is 1. The molecule has 7 heteroatoms. The van der Waals surface area contributed by atoms with Gasteiger partial charge in [0.05, 0.1) is 17.1 Å². The number of aromatic nitrogens is 1. The number of carbonyl (C=O) groups is 2. The molecule has 3 N–H and O–H groups in total. The minimum atomic E-state index is -0.959. The third kappa shape index (κ3) is 2.92. The zero-order valence-corrected chi connectivity index (χ0v) is 15.2. The number of nitrogens with one attached hydrogen (secondary N) is 2. The van der Waals surface area contributed by atoms with E-state index in [-0.39, 0.29) is 23.9 Å². The van der Waals surface area contributed by atoms with Crippen LogP contribution >= 0.6 is 0 Å². The van der Waals surface area contributed by atoms with E-state index in [1.54, 1.807) is 11.0 Å². The smallest absolute Gasteiger partial charge is 0.254 e. The number of likely N-dealkylation sites (tertiary alicyclic amines) is 1. The summed E-state index contributed by atoms with van der Waals surface area (Å²) in [5.74, 6) is -0.466. The first-order valence-electron chi connectivity index (χ1n) is 9.30. The van der Waals surface area contributed by atoms with Crippen molar-refractivity contribution in [2.75, 3.05) is 19.6 Å². The second-order valence-electron chi connectivity index (χ2n) is 7.64. The van der Waals surface area contributed by atoms with Crippen molar-refractivity contribution in [1.82, 2.24) is 15.2 Å². The molecule has 0 radical (unpaired) electrons. The first-order chi connectivity index (χ1) is 12.9.